The Morgan fingerprint density at radius 1 is 1.75 bits per heavy atom. The lowest BCUT2D eigenvalue weighted by Gasteiger charge is -2.33. The average Bonchev–Trinajstić information content (AvgIpc) is 2.74. The van der Waals surface area contributed by atoms with Crippen LogP contribution < -0.4 is 0 Å². The van der Waals surface area contributed by atoms with Gasteiger partial charge in [0.1, 0.15) is 0 Å². The predicted molar refractivity (Wildman–Crippen MR) is 60.7 cm³/mol. The van der Waals surface area contributed by atoms with E-state index in [2.05, 4.69) is 20.9 Å². The van der Waals surface area contributed by atoms with E-state index in [-0.39, 0.29) is 11.9 Å². The second-order valence-electron chi connectivity index (χ2n) is 3.65. The molecule has 0 saturated carbocycles. The summed E-state index contributed by atoms with van der Waals surface area (Å²) in [6, 6.07) is 0.0609. The van der Waals surface area contributed by atoms with Gasteiger partial charge in [-0.1, -0.05) is 15.9 Å². The minimum Gasteiger partial charge on any atom is -0.438 e. The molecular weight excluding hydrogens is 276 g/mol. The average molecular weight is 289 g/mol. The Bertz CT molecular complexity index is 380. The van der Waals surface area contributed by atoms with Crippen molar-refractivity contribution >= 4 is 21.8 Å². The number of rotatable bonds is 2. The van der Waals surface area contributed by atoms with Gasteiger partial charge in [-0.15, -0.1) is 0 Å². The lowest BCUT2D eigenvalue weighted by molar-refractivity contribution is 0.00354. The van der Waals surface area contributed by atoms with Crippen LogP contribution in [0.5, 0.6) is 0 Å². The lowest BCUT2D eigenvalue weighted by atomic mass is 10.2. The van der Waals surface area contributed by atoms with Gasteiger partial charge in [-0.2, -0.15) is 0 Å². The standard InChI is InChI=1S/C10H13BrN2O3/c1-7-9(16-6-12-7)10(14)13-2-3-15-5-8(13)4-11/h6,8H,2-5H2,1H3. The number of hydrogen-bond donors (Lipinski definition) is 0. The van der Waals surface area contributed by atoms with Gasteiger partial charge in [0.25, 0.3) is 5.91 Å². The van der Waals surface area contributed by atoms with Gasteiger partial charge in [-0.25, -0.2) is 4.98 Å². The minimum atomic E-state index is -0.109. The van der Waals surface area contributed by atoms with Crippen molar-refractivity contribution in [3.8, 4) is 0 Å². The normalized spacial score (nSPS) is 21.1. The number of nitrogens with zero attached hydrogens (tertiary/aromatic N) is 2. The van der Waals surface area contributed by atoms with E-state index in [1.807, 2.05) is 0 Å². The van der Waals surface area contributed by atoms with E-state index in [9.17, 15) is 4.79 Å². The van der Waals surface area contributed by atoms with Gasteiger partial charge in [-0.05, 0) is 6.92 Å². The highest BCUT2D eigenvalue weighted by molar-refractivity contribution is 9.09. The van der Waals surface area contributed by atoms with E-state index in [0.717, 1.165) is 0 Å². The molecular formula is C10H13BrN2O3. The minimum absolute atomic E-state index is 0.0609. The molecule has 0 aromatic carbocycles. The molecule has 6 heteroatoms. The first-order valence-corrected chi connectivity index (χ1v) is 6.21. The number of amides is 1. The fourth-order valence-corrected chi connectivity index (χ4v) is 2.22. The van der Waals surface area contributed by atoms with Crippen LogP contribution in [0.1, 0.15) is 16.2 Å². The number of aromatic nitrogens is 1. The molecule has 1 atom stereocenters. The number of hydrogen-bond acceptors (Lipinski definition) is 4. The maximum absolute atomic E-state index is 12.2. The largest absolute Gasteiger partial charge is 0.438 e. The van der Waals surface area contributed by atoms with Crippen LogP contribution in [0, 0.1) is 6.92 Å². The maximum atomic E-state index is 12.2. The van der Waals surface area contributed by atoms with Crippen LogP contribution in [0.3, 0.4) is 0 Å². The van der Waals surface area contributed by atoms with Crippen LogP contribution in [-0.4, -0.2) is 46.9 Å². The molecule has 1 aliphatic heterocycles. The fourth-order valence-electron chi connectivity index (χ4n) is 1.69. The fraction of sp³-hybridized carbons (Fsp3) is 0.600. The van der Waals surface area contributed by atoms with Gasteiger partial charge in [-0.3, -0.25) is 4.79 Å². The summed E-state index contributed by atoms with van der Waals surface area (Å²) in [6.45, 7) is 3.49. The van der Waals surface area contributed by atoms with Crippen LogP contribution in [0.15, 0.2) is 10.8 Å². The predicted octanol–water partition coefficient (Wildman–Crippen LogP) is 1.22. The van der Waals surface area contributed by atoms with Crippen molar-refractivity contribution in [2.45, 2.75) is 13.0 Å². The van der Waals surface area contributed by atoms with E-state index in [1.54, 1.807) is 11.8 Å². The first kappa shape index (κ1) is 11.6. The molecule has 1 aliphatic rings. The van der Waals surface area contributed by atoms with Crippen LogP contribution in [0.2, 0.25) is 0 Å². The number of halogens is 1. The zero-order valence-electron chi connectivity index (χ0n) is 8.98. The third kappa shape index (κ3) is 2.12. The molecule has 1 unspecified atom stereocenters. The van der Waals surface area contributed by atoms with E-state index < -0.39 is 0 Å². The van der Waals surface area contributed by atoms with Crippen molar-refractivity contribution in [3.05, 3.63) is 17.8 Å². The number of carbonyl (C=O) groups is 1. The smallest absolute Gasteiger partial charge is 0.292 e. The van der Waals surface area contributed by atoms with Crippen molar-refractivity contribution in [3.63, 3.8) is 0 Å². The lowest BCUT2D eigenvalue weighted by Crippen LogP contribution is -2.49. The Kier molecular flexibility index (Phi) is 3.60. The molecule has 0 N–H and O–H groups in total. The third-order valence-electron chi connectivity index (χ3n) is 2.61. The summed E-state index contributed by atoms with van der Waals surface area (Å²) in [5, 5.41) is 0.700. The summed E-state index contributed by atoms with van der Waals surface area (Å²) in [5.74, 6) is 0.218. The molecule has 0 aliphatic carbocycles. The van der Waals surface area contributed by atoms with Crippen molar-refractivity contribution in [2.24, 2.45) is 0 Å². The van der Waals surface area contributed by atoms with Crippen LogP contribution in [0.4, 0.5) is 0 Å². The summed E-state index contributed by atoms with van der Waals surface area (Å²) in [6.07, 6.45) is 1.30. The SMILES string of the molecule is Cc1ncoc1C(=O)N1CCOCC1CBr. The van der Waals surface area contributed by atoms with E-state index in [1.165, 1.54) is 6.39 Å². The zero-order valence-corrected chi connectivity index (χ0v) is 10.6. The third-order valence-corrected chi connectivity index (χ3v) is 3.35. The number of ether oxygens (including phenoxy) is 1. The molecule has 0 spiro atoms. The van der Waals surface area contributed by atoms with Gasteiger partial charge in [0.05, 0.1) is 24.9 Å². The van der Waals surface area contributed by atoms with Crippen molar-refractivity contribution in [1.82, 2.24) is 9.88 Å². The number of oxazole rings is 1. The topological polar surface area (TPSA) is 55.6 Å². The molecule has 1 saturated heterocycles. The Hall–Kier alpha value is -0.880. The molecule has 1 aromatic rings. The van der Waals surface area contributed by atoms with Crippen molar-refractivity contribution in [1.29, 1.82) is 0 Å². The number of aryl methyl sites for hydroxylation is 1. The van der Waals surface area contributed by atoms with Crippen LogP contribution in [0.25, 0.3) is 0 Å². The maximum Gasteiger partial charge on any atom is 0.292 e. The van der Waals surface area contributed by atoms with E-state index in [4.69, 9.17) is 9.15 Å². The summed E-state index contributed by atoms with van der Waals surface area (Å²) in [7, 11) is 0. The second kappa shape index (κ2) is 4.97. The van der Waals surface area contributed by atoms with Gasteiger partial charge < -0.3 is 14.1 Å². The molecule has 88 valence electrons. The summed E-state index contributed by atoms with van der Waals surface area (Å²) in [4.78, 5) is 17.9. The van der Waals surface area contributed by atoms with E-state index >= 15 is 0 Å². The monoisotopic (exact) mass is 288 g/mol. The molecule has 1 aromatic heterocycles. The summed E-state index contributed by atoms with van der Waals surface area (Å²) in [5.41, 5.74) is 0.629. The highest BCUT2D eigenvalue weighted by Gasteiger charge is 2.29. The molecule has 2 heterocycles. The molecule has 2 rings (SSSR count). The van der Waals surface area contributed by atoms with Gasteiger partial charge in [0, 0.05) is 11.9 Å². The van der Waals surface area contributed by atoms with Crippen LogP contribution >= 0.6 is 15.9 Å². The quantitative estimate of drug-likeness (QED) is 0.768. The molecule has 5 nitrogen and oxygen atoms in total. The highest BCUT2D eigenvalue weighted by Crippen LogP contribution is 2.15. The summed E-state index contributed by atoms with van der Waals surface area (Å²) < 4.78 is 10.4. The molecule has 0 radical (unpaired) electrons. The molecule has 1 amide bonds. The molecule has 0 bridgehead atoms. The second-order valence-corrected chi connectivity index (χ2v) is 4.30. The molecule has 16 heavy (non-hydrogen) atoms. The first-order valence-electron chi connectivity index (χ1n) is 5.08. The van der Waals surface area contributed by atoms with E-state index in [0.29, 0.717) is 36.5 Å². The number of carbonyl (C=O) groups excluding carboxylic acids is 1. The Labute approximate surface area is 102 Å². The van der Waals surface area contributed by atoms with Gasteiger partial charge in [0.15, 0.2) is 6.39 Å². The Morgan fingerprint density at radius 3 is 3.19 bits per heavy atom. The van der Waals surface area contributed by atoms with Crippen molar-refractivity contribution < 1.29 is 13.9 Å². The zero-order chi connectivity index (χ0) is 11.5. The Balaban J connectivity index is 2.17. The van der Waals surface area contributed by atoms with Gasteiger partial charge in [0.2, 0.25) is 5.76 Å². The number of morpholine rings is 1. The van der Waals surface area contributed by atoms with Gasteiger partial charge >= 0.3 is 0 Å². The first-order chi connectivity index (χ1) is 7.74. The molecule has 1 fully saturated rings. The Morgan fingerprint density at radius 2 is 2.56 bits per heavy atom. The van der Waals surface area contributed by atoms with Crippen molar-refractivity contribution in [2.75, 3.05) is 25.1 Å². The summed E-state index contributed by atoms with van der Waals surface area (Å²) >= 11 is 3.38. The number of alkyl halides is 1. The highest BCUT2D eigenvalue weighted by atomic mass is 79.9. The van der Waals surface area contributed by atoms with Crippen LogP contribution in [-0.2, 0) is 4.74 Å².